The van der Waals surface area contributed by atoms with E-state index in [4.69, 9.17) is 4.42 Å². The number of halogens is 1. The molecule has 0 amide bonds. The summed E-state index contributed by atoms with van der Waals surface area (Å²) in [6, 6.07) is 12.6. The molecule has 0 spiro atoms. The molecule has 0 unspecified atom stereocenters. The molecule has 1 saturated carbocycles. The lowest BCUT2D eigenvalue weighted by atomic mass is 9.86. The Balaban J connectivity index is 1.77. The van der Waals surface area contributed by atoms with Crippen molar-refractivity contribution in [3.63, 3.8) is 0 Å². The average Bonchev–Trinajstić information content (AvgIpc) is 2.82. The van der Waals surface area contributed by atoms with Crippen LogP contribution in [-0.4, -0.2) is 0 Å². The van der Waals surface area contributed by atoms with E-state index in [9.17, 15) is 0 Å². The molecule has 1 aromatic heterocycles. The average molecular weight is 366 g/mol. The third-order valence-corrected chi connectivity index (χ3v) is 4.93. The Kier molecular flexibility index (Phi) is 4.26. The number of hydrogen-bond donors (Lipinski definition) is 0. The Hall–Kier alpha value is -0.770. The molecule has 1 aliphatic carbocycles. The molecule has 0 radical (unpaired) electrons. The highest BCUT2D eigenvalue weighted by Crippen LogP contribution is 2.32. The minimum atomic E-state index is 0.831. The summed E-state index contributed by atoms with van der Waals surface area (Å²) >= 11 is 2.41. The lowest BCUT2D eigenvalue weighted by molar-refractivity contribution is 0.334. The van der Waals surface area contributed by atoms with Gasteiger partial charge in [0.05, 0.1) is 3.57 Å². The standard InChI is InChI=1S/C17H19IO/c18-15-12-16(14-9-5-2-6-10-14)19-17(15)11-13-7-3-1-4-8-13/h2,5-6,9-10,12-13H,1,3-4,7-8,11H2. The van der Waals surface area contributed by atoms with Crippen LogP contribution in [0, 0.1) is 9.49 Å². The predicted molar refractivity (Wildman–Crippen MR) is 87.1 cm³/mol. The molecule has 0 bridgehead atoms. The number of rotatable bonds is 3. The summed E-state index contributed by atoms with van der Waals surface area (Å²) in [6.07, 6.45) is 8.07. The van der Waals surface area contributed by atoms with Crippen LogP contribution in [0.25, 0.3) is 11.3 Å². The maximum absolute atomic E-state index is 6.10. The SMILES string of the molecule is Ic1cc(-c2ccccc2)oc1CC1CCCCC1. The van der Waals surface area contributed by atoms with Gasteiger partial charge in [-0.25, -0.2) is 0 Å². The molecule has 0 atom stereocenters. The first kappa shape index (κ1) is 13.2. The summed E-state index contributed by atoms with van der Waals surface area (Å²) in [5.74, 6) is 3.03. The van der Waals surface area contributed by atoms with Crippen molar-refractivity contribution in [1.29, 1.82) is 0 Å². The van der Waals surface area contributed by atoms with Crippen molar-refractivity contribution in [2.45, 2.75) is 38.5 Å². The van der Waals surface area contributed by atoms with Gasteiger partial charge < -0.3 is 4.42 Å². The van der Waals surface area contributed by atoms with Crippen LogP contribution in [0.15, 0.2) is 40.8 Å². The zero-order valence-corrected chi connectivity index (χ0v) is 13.2. The Labute approximate surface area is 128 Å². The van der Waals surface area contributed by atoms with Crippen LogP contribution >= 0.6 is 22.6 Å². The summed E-state index contributed by atoms with van der Waals surface area (Å²) in [6.45, 7) is 0. The van der Waals surface area contributed by atoms with Gasteiger partial charge in [-0.1, -0.05) is 62.4 Å². The van der Waals surface area contributed by atoms with Gasteiger partial charge in [0.1, 0.15) is 11.5 Å². The van der Waals surface area contributed by atoms with Gasteiger partial charge in [0.2, 0.25) is 0 Å². The van der Waals surface area contributed by atoms with E-state index in [1.54, 1.807) is 0 Å². The highest BCUT2D eigenvalue weighted by molar-refractivity contribution is 14.1. The van der Waals surface area contributed by atoms with E-state index in [1.165, 1.54) is 47.0 Å². The fourth-order valence-electron chi connectivity index (χ4n) is 2.94. The van der Waals surface area contributed by atoms with Gasteiger partial charge in [0.25, 0.3) is 0 Å². The molecule has 0 aliphatic heterocycles. The van der Waals surface area contributed by atoms with E-state index in [2.05, 4.69) is 52.9 Å². The third-order valence-electron chi connectivity index (χ3n) is 4.01. The zero-order valence-electron chi connectivity index (χ0n) is 11.1. The fraction of sp³-hybridized carbons (Fsp3) is 0.412. The first-order chi connectivity index (χ1) is 9.33. The van der Waals surface area contributed by atoms with Crippen molar-refractivity contribution in [3.05, 3.63) is 45.7 Å². The smallest absolute Gasteiger partial charge is 0.135 e. The molecular weight excluding hydrogens is 347 g/mol. The highest BCUT2D eigenvalue weighted by Gasteiger charge is 2.18. The van der Waals surface area contributed by atoms with E-state index >= 15 is 0 Å². The lowest BCUT2D eigenvalue weighted by Crippen LogP contribution is -2.09. The Morgan fingerprint density at radius 2 is 1.79 bits per heavy atom. The molecular formula is C17H19IO. The zero-order chi connectivity index (χ0) is 13.1. The molecule has 2 aromatic rings. The molecule has 1 aromatic carbocycles. The predicted octanol–water partition coefficient (Wildman–Crippen LogP) is 5.67. The maximum atomic E-state index is 6.10. The molecule has 1 heterocycles. The van der Waals surface area contributed by atoms with Crippen molar-refractivity contribution in [2.24, 2.45) is 5.92 Å². The number of benzene rings is 1. The van der Waals surface area contributed by atoms with E-state index in [-0.39, 0.29) is 0 Å². The van der Waals surface area contributed by atoms with Crippen LogP contribution in [0.1, 0.15) is 37.9 Å². The minimum absolute atomic E-state index is 0.831. The van der Waals surface area contributed by atoms with E-state index in [0.29, 0.717) is 0 Å². The summed E-state index contributed by atoms with van der Waals surface area (Å²) in [5.41, 5.74) is 1.18. The largest absolute Gasteiger partial charge is 0.460 e. The normalized spacial score (nSPS) is 16.7. The minimum Gasteiger partial charge on any atom is -0.460 e. The second-order valence-electron chi connectivity index (χ2n) is 5.46. The first-order valence-electron chi connectivity index (χ1n) is 7.16. The summed E-state index contributed by atoms with van der Waals surface area (Å²) in [4.78, 5) is 0. The van der Waals surface area contributed by atoms with Gasteiger partial charge >= 0.3 is 0 Å². The molecule has 1 nitrogen and oxygen atoms in total. The van der Waals surface area contributed by atoms with Crippen LogP contribution in [0.4, 0.5) is 0 Å². The summed E-state index contributed by atoms with van der Waals surface area (Å²) < 4.78 is 7.38. The Bertz CT molecular complexity index is 523. The van der Waals surface area contributed by atoms with Crippen molar-refractivity contribution in [2.75, 3.05) is 0 Å². The van der Waals surface area contributed by atoms with Crippen molar-refractivity contribution < 1.29 is 4.42 Å². The van der Waals surface area contributed by atoms with Gasteiger partial charge in [0, 0.05) is 12.0 Å². The van der Waals surface area contributed by atoms with Gasteiger partial charge in [-0.2, -0.15) is 0 Å². The van der Waals surface area contributed by atoms with E-state index in [1.807, 2.05) is 6.07 Å². The number of hydrogen-bond acceptors (Lipinski definition) is 1. The molecule has 2 heteroatoms. The first-order valence-corrected chi connectivity index (χ1v) is 8.24. The van der Waals surface area contributed by atoms with Gasteiger partial charge in [-0.3, -0.25) is 0 Å². The maximum Gasteiger partial charge on any atom is 0.135 e. The topological polar surface area (TPSA) is 13.1 Å². The second-order valence-corrected chi connectivity index (χ2v) is 6.62. The molecule has 19 heavy (non-hydrogen) atoms. The highest BCUT2D eigenvalue weighted by atomic mass is 127. The Morgan fingerprint density at radius 3 is 2.53 bits per heavy atom. The van der Waals surface area contributed by atoms with Crippen LogP contribution < -0.4 is 0 Å². The van der Waals surface area contributed by atoms with E-state index < -0.39 is 0 Å². The molecule has 0 saturated heterocycles. The monoisotopic (exact) mass is 366 g/mol. The van der Waals surface area contributed by atoms with Crippen LogP contribution in [0.5, 0.6) is 0 Å². The quantitative estimate of drug-likeness (QED) is 0.638. The van der Waals surface area contributed by atoms with Gasteiger partial charge in [0.15, 0.2) is 0 Å². The summed E-state index contributed by atoms with van der Waals surface area (Å²) in [5, 5.41) is 0. The second kappa shape index (κ2) is 6.12. The molecule has 0 N–H and O–H groups in total. The van der Waals surface area contributed by atoms with Crippen LogP contribution in [-0.2, 0) is 6.42 Å². The van der Waals surface area contributed by atoms with Crippen LogP contribution in [0.2, 0.25) is 0 Å². The van der Waals surface area contributed by atoms with Crippen LogP contribution in [0.3, 0.4) is 0 Å². The lowest BCUT2D eigenvalue weighted by Gasteiger charge is -2.20. The van der Waals surface area contributed by atoms with Crippen molar-refractivity contribution in [1.82, 2.24) is 0 Å². The molecule has 1 aliphatic rings. The Morgan fingerprint density at radius 1 is 1.05 bits per heavy atom. The molecule has 100 valence electrons. The van der Waals surface area contributed by atoms with Crippen molar-refractivity contribution >= 4 is 22.6 Å². The molecule has 3 rings (SSSR count). The fourth-order valence-corrected chi connectivity index (χ4v) is 3.56. The summed E-state index contributed by atoms with van der Waals surface area (Å²) in [7, 11) is 0. The van der Waals surface area contributed by atoms with Gasteiger partial charge in [-0.15, -0.1) is 0 Å². The van der Waals surface area contributed by atoms with Crippen molar-refractivity contribution in [3.8, 4) is 11.3 Å². The third kappa shape index (κ3) is 3.22. The van der Waals surface area contributed by atoms with E-state index in [0.717, 1.165) is 18.1 Å². The number of furan rings is 1. The van der Waals surface area contributed by atoms with Gasteiger partial charge in [-0.05, 0) is 34.6 Å². The molecule has 1 fully saturated rings.